The van der Waals surface area contributed by atoms with E-state index in [0.29, 0.717) is 17.2 Å². The predicted octanol–water partition coefficient (Wildman–Crippen LogP) is 4.41. The molecule has 2 atom stereocenters. The molecule has 1 aliphatic rings. The van der Waals surface area contributed by atoms with Gasteiger partial charge in [0.2, 0.25) is 0 Å². The second-order valence-electron chi connectivity index (χ2n) is 5.24. The minimum Gasteiger partial charge on any atom is -0.324 e. The van der Waals surface area contributed by atoms with E-state index in [1.54, 1.807) is 0 Å². The van der Waals surface area contributed by atoms with Crippen molar-refractivity contribution in [3.05, 3.63) is 29.8 Å². The molecule has 0 radical (unpaired) electrons. The molecule has 2 unspecified atom stereocenters. The first-order valence-electron chi connectivity index (χ1n) is 6.99. The van der Waals surface area contributed by atoms with Gasteiger partial charge in [-0.2, -0.15) is 11.8 Å². The Morgan fingerprint density at radius 1 is 1.45 bits per heavy atom. The monoisotopic (exact) mass is 312 g/mol. The van der Waals surface area contributed by atoms with Crippen molar-refractivity contribution in [2.75, 3.05) is 12.1 Å². The molecule has 108 valence electrons. The van der Waals surface area contributed by atoms with Gasteiger partial charge in [-0.25, -0.2) is 9.37 Å². The van der Waals surface area contributed by atoms with Gasteiger partial charge in [0, 0.05) is 29.7 Å². The number of halogens is 2. The molecule has 1 fully saturated rings. The van der Waals surface area contributed by atoms with Crippen molar-refractivity contribution < 1.29 is 4.39 Å². The van der Waals surface area contributed by atoms with Gasteiger partial charge >= 0.3 is 0 Å². The maximum atomic E-state index is 13.4. The van der Waals surface area contributed by atoms with E-state index in [4.69, 9.17) is 11.6 Å². The van der Waals surface area contributed by atoms with E-state index in [2.05, 4.69) is 15.8 Å². The molecule has 0 N–H and O–H groups in total. The van der Waals surface area contributed by atoms with Crippen molar-refractivity contribution >= 4 is 34.4 Å². The normalized spacial score (nSPS) is 22.8. The molecule has 1 aromatic carbocycles. The Balaban J connectivity index is 2.13. The summed E-state index contributed by atoms with van der Waals surface area (Å²) < 4.78 is 15.7. The van der Waals surface area contributed by atoms with Crippen LogP contribution in [0.1, 0.15) is 31.1 Å². The summed E-state index contributed by atoms with van der Waals surface area (Å²) in [5.74, 6) is 1.31. The molecule has 0 aliphatic heterocycles. The topological polar surface area (TPSA) is 17.8 Å². The summed E-state index contributed by atoms with van der Waals surface area (Å²) in [6.07, 6.45) is 6.56. The quantitative estimate of drug-likeness (QED) is 0.778. The van der Waals surface area contributed by atoms with Gasteiger partial charge in [-0.3, -0.25) is 0 Å². The summed E-state index contributed by atoms with van der Waals surface area (Å²) >= 11 is 7.83. The van der Waals surface area contributed by atoms with Gasteiger partial charge in [0.1, 0.15) is 11.6 Å². The molecule has 1 aliphatic carbocycles. The number of alkyl halides is 1. The zero-order valence-corrected chi connectivity index (χ0v) is 13.1. The first kappa shape index (κ1) is 14.2. The summed E-state index contributed by atoms with van der Waals surface area (Å²) in [5, 5.41) is 0.617. The zero-order chi connectivity index (χ0) is 14.1. The molecule has 2 nitrogen and oxygen atoms in total. The highest BCUT2D eigenvalue weighted by molar-refractivity contribution is 7.99. The van der Waals surface area contributed by atoms with Crippen LogP contribution in [0.25, 0.3) is 11.0 Å². The largest absolute Gasteiger partial charge is 0.324 e. The summed E-state index contributed by atoms with van der Waals surface area (Å²) in [5.41, 5.74) is 1.79. The lowest BCUT2D eigenvalue weighted by molar-refractivity contribution is 0.522. The Morgan fingerprint density at radius 2 is 2.30 bits per heavy atom. The highest BCUT2D eigenvalue weighted by Gasteiger charge is 2.30. The molecule has 0 amide bonds. The molecule has 20 heavy (non-hydrogen) atoms. The highest BCUT2D eigenvalue weighted by atomic mass is 35.5. The van der Waals surface area contributed by atoms with Gasteiger partial charge in [-0.1, -0.05) is 6.42 Å². The van der Waals surface area contributed by atoms with Crippen LogP contribution in [0.2, 0.25) is 0 Å². The Kier molecular flexibility index (Phi) is 4.22. The number of fused-ring (bicyclic) bond motifs is 1. The van der Waals surface area contributed by atoms with E-state index < -0.39 is 0 Å². The van der Waals surface area contributed by atoms with E-state index in [1.165, 1.54) is 31.4 Å². The lowest BCUT2D eigenvalue weighted by atomic mass is 10.2. The summed E-state index contributed by atoms with van der Waals surface area (Å²) in [4.78, 5) is 4.61. The molecule has 0 spiro atoms. The molecular weight excluding hydrogens is 295 g/mol. The standard InChI is InChI=1S/C15H18ClFN2S/c1-20-14-4-2-3-13(14)19-12-6-5-10(17)9-11(12)18-15(19)7-8-16/h5-6,9,13-14H,2-4,7-8H2,1H3. The Bertz CT molecular complexity index is 613. The fraction of sp³-hybridized carbons (Fsp3) is 0.533. The molecule has 0 bridgehead atoms. The molecule has 1 aromatic heterocycles. The summed E-state index contributed by atoms with van der Waals surface area (Å²) in [6.45, 7) is 0. The third-order valence-corrected chi connectivity index (χ3v) is 5.44. The van der Waals surface area contributed by atoms with Gasteiger partial charge in [0.25, 0.3) is 0 Å². The number of aryl methyl sites for hydroxylation is 1. The van der Waals surface area contributed by atoms with Gasteiger partial charge in [0.05, 0.1) is 11.0 Å². The van der Waals surface area contributed by atoms with Crippen molar-refractivity contribution in [1.29, 1.82) is 0 Å². The highest BCUT2D eigenvalue weighted by Crippen LogP contribution is 2.40. The smallest absolute Gasteiger partial charge is 0.125 e. The van der Waals surface area contributed by atoms with Gasteiger partial charge in [-0.05, 0) is 31.2 Å². The molecule has 2 aromatic rings. The van der Waals surface area contributed by atoms with Crippen LogP contribution in [0, 0.1) is 5.82 Å². The number of hydrogen-bond acceptors (Lipinski definition) is 2. The van der Waals surface area contributed by atoms with Crippen LogP contribution in [0.3, 0.4) is 0 Å². The Labute approximate surface area is 127 Å². The molecule has 1 heterocycles. The number of rotatable bonds is 4. The minimum atomic E-state index is -0.229. The first-order chi connectivity index (χ1) is 9.74. The van der Waals surface area contributed by atoms with Crippen molar-refractivity contribution in [1.82, 2.24) is 9.55 Å². The number of hydrogen-bond donors (Lipinski definition) is 0. The first-order valence-corrected chi connectivity index (χ1v) is 8.82. The van der Waals surface area contributed by atoms with Crippen molar-refractivity contribution in [2.24, 2.45) is 0 Å². The maximum Gasteiger partial charge on any atom is 0.125 e. The number of thioether (sulfide) groups is 1. The van der Waals surface area contributed by atoms with Crippen LogP contribution in [0.5, 0.6) is 0 Å². The van der Waals surface area contributed by atoms with Crippen molar-refractivity contribution in [3.63, 3.8) is 0 Å². The molecule has 1 saturated carbocycles. The lowest BCUT2D eigenvalue weighted by Gasteiger charge is -2.22. The minimum absolute atomic E-state index is 0.229. The summed E-state index contributed by atoms with van der Waals surface area (Å²) in [7, 11) is 0. The van der Waals surface area contributed by atoms with E-state index in [1.807, 2.05) is 17.8 Å². The lowest BCUT2D eigenvalue weighted by Crippen LogP contribution is -2.18. The number of imidazole rings is 1. The zero-order valence-electron chi connectivity index (χ0n) is 11.5. The molecule has 0 saturated heterocycles. The van der Waals surface area contributed by atoms with E-state index in [-0.39, 0.29) is 5.82 Å². The average Bonchev–Trinajstić information content (AvgIpc) is 3.01. The fourth-order valence-corrected chi connectivity index (χ4v) is 4.37. The van der Waals surface area contributed by atoms with E-state index in [9.17, 15) is 4.39 Å². The summed E-state index contributed by atoms with van der Waals surface area (Å²) in [6, 6.07) is 5.35. The van der Waals surface area contributed by atoms with Gasteiger partial charge in [-0.15, -0.1) is 11.6 Å². The average molecular weight is 313 g/mol. The number of benzene rings is 1. The van der Waals surface area contributed by atoms with E-state index in [0.717, 1.165) is 23.3 Å². The molecule has 5 heteroatoms. The molecular formula is C15H18ClFN2S. The van der Waals surface area contributed by atoms with Crippen LogP contribution in [-0.2, 0) is 6.42 Å². The second kappa shape index (κ2) is 5.94. The van der Waals surface area contributed by atoms with Crippen LogP contribution in [0.15, 0.2) is 18.2 Å². The number of aromatic nitrogens is 2. The van der Waals surface area contributed by atoms with Crippen LogP contribution in [0.4, 0.5) is 4.39 Å². The van der Waals surface area contributed by atoms with Crippen LogP contribution >= 0.6 is 23.4 Å². The van der Waals surface area contributed by atoms with Gasteiger partial charge in [0.15, 0.2) is 0 Å². The fourth-order valence-electron chi connectivity index (χ4n) is 3.23. The number of nitrogens with zero attached hydrogens (tertiary/aromatic N) is 2. The van der Waals surface area contributed by atoms with Crippen LogP contribution < -0.4 is 0 Å². The second-order valence-corrected chi connectivity index (χ2v) is 6.70. The van der Waals surface area contributed by atoms with E-state index >= 15 is 0 Å². The maximum absolute atomic E-state index is 13.4. The Hall–Kier alpha value is -0.740. The SMILES string of the molecule is CSC1CCCC1n1c(CCCl)nc2cc(F)ccc21. The molecule has 3 rings (SSSR count). The predicted molar refractivity (Wildman–Crippen MR) is 84.3 cm³/mol. The van der Waals surface area contributed by atoms with Gasteiger partial charge < -0.3 is 4.57 Å². The third-order valence-electron chi connectivity index (χ3n) is 4.09. The van der Waals surface area contributed by atoms with Crippen molar-refractivity contribution in [2.45, 2.75) is 37.0 Å². The Morgan fingerprint density at radius 3 is 3.05 bits per heavy atom. The van der Waals surface area contributed by atoms with Crippen LogP contribution in [-0.4, -0.2) is 26.9 Å². The van der Waals surface area contributed by atoms with Crippen molar-refractivity contribution in [3.8, 4) is 0 Å². The third kappa shape index (κ3) is 2.44.